The Morgan fingerprint density at radius 3 is 0.727 bits per heavy atom. The molecule has 0 bridgehead atoms. The number of rotatable bonds is 0. The van der Waals surface area contributed by atoms with Gasteiger partial charge in [0.05, 0.1) is 0 Å². The summed E-state index contributed by atoms with van der Waals surface area (Å²) in [6.45, 7) is 0. The van der Waals surface area contributed by atoms with Gasteiger partial charge in [-0.05, 0) is 0 Å². The smallest absolute Gasteiger partial charge is 0 e. The molecule has 0 unspecified atom stereocenters. The third-order valence-corrected chi connectivity index (χ3v) is 0. The van der Waals surface area contributed by atoms with Crippen molar-refractivity contribution in [2.75, 3.05) is 0 Å². The van der Waals surface area contributed by atoms with Crippen LogP contribution in [0.25, 0.3) is 0 Å². The van der Waals surface area contributed by atoms with Gasteiger partial charge in [0.25, 0.3) is 0 Å². The van der Waals surface area contributed by atoms with Gasteiger partial charge < -0.3 is 51.0 Å². The fourth-order valence-electron chi connectivity index (χ4n) is 0. The molecule has 10 heteroatoms. The molecular formula is CH14NNdO7S-. The zero-order valence-corrected chi connectivity index (χ0v) is 9.38. The molecule has 8 nitrogen and oxygen atoms in total. The van der Waals surface area contributed by atoms with Crippen molar-refractivity contribution >= 4 is 12.6 Å². The van der Waals surface area contributed by atoms with Crippen molar-refractivity contribution in [1.82, 2.24) is 0 Å². The minimum absolute atomic E-state index is 0. The zero-order chi connectivity index (χ0) is 2.71. The van der Waals surface area contributed by atoms with Crippen LogP contribution in [0.2, 0.25) is 0 Å². The van der Waals surface area contributed by atoms with Crippen molar-refractivity contribution in [1.29, 1.82) is 5.26 Å². The molecule has 14 N–H and O–H groups in total. The monoisotopic (exact) mass is 326 g/mol. The summed E-state index contributed by atoms with van der Waals surface area (Å²) in [4.78, 5) is 0. The second-order valence-electron chi connectivity index (χ2n) is 0.0913. The Balaban J connectivity index is -0.000000000714. The van der Waals surface area contributed by atoms with E-state index < -0.39 is 0 Å². The fraction of sp³-hybridized carbons (Fsp3) is 0. The SMILES string of the molecule is N#C[S-].O.O.O.O.O.O.O.[Nd]. The Morgan fingerprint density at radius 2 is 0.727 bits per heavy atom. The van der Waals surface area contributed by atoms with Crippen LogP contribution in [0.15, 0.2) is 0 Å². The summed E-state index contributed by atoms with van der Waals surface area (Å²) in [6.07, 6.45) is 0. The molecule has 0 aromatic carbocycles. The number of nitrogens with zero attached hydrogens (tertiary/aromatic N) is 1. The average molecular weight is 328 g/mol. The van der Waals surface area contributed by atoms with E-state index in [1.54, 1.807) is 0 Å². The van der Waals surface area contributed by atoms with Gasteiger partial charge in [0.2, 0.25) is 0 Å². The molecule has 0 spiro atoms. The third kappa shape index (κ3) is 1360. The van der Waals surface area contributed by atoms with Crippen LogP contribution in [0.5, 0.6) is 0 Å². The first-order chi connectivity index (χ1) is 1.41. The first-order valence-corrected chi connectivity index (χ1v) is 0.836. The predicted molar refractivity (Wildman–Crippen MR) is 38.3 cm³/mol. The molecule has 0 aliphatic carbocycles. The van der Waals surface area contributed by atoms with E-state index in [-0.39, 0.29) is 79.2 Å². The summed E-state index contributed by atoms with van der Waals surface area (Å²) >= 11 is 3.70. The number of hydrogen-bond acceptors (Lipinski definition) is 2. The maximum Gasteiger partial charge on any atom is 0 e. The predicted octanol–water partition coefficient (Wildman–Crippen LogP) is -5.76. The van der Waals surface area contributed by atoms with Gasteiger partial charge >= 0.3 is 0 Å². The molecule has 0 aromatic heterocycles. The van der Waals surface area contributed by atoms with E-state index in [1.165, 1.54) is 5.40 Å². The fourth-order valence-corrected chi connectivity index (χ4v) is 0. The number of hydrogen-bond donors (Lipinski definition) is 0. The van der Waals surface area contributed by atoms with Gasteiger partial charge in [-0.2, -0.15) is 0 Å². The molecule has 0 heterocycles. The van der Waals surface area contributed by atoms with E-state index in [0.717, 1.165) is 0 Å². The van der Waals surface area contributed by atoms with Gasteiger partial charge in [-0.25, -0.2) is 5.26 Å². The maximum atomic E-state index is 7.13. The van der Waals surface area contributed by atoms with Crippen LogP contribution in [0, 0.1) is 51.5 Å². The number of nitriles is 1. The maximum absolute atomic E-state index is 7.13. The van der Waals surface area contributed by atoms with E-state index in [9.17, 15) is 0 Å². The Labute approximate surface area is 102 Å². The summed E-state index contributed by atoms with van der Waals surface area (Å²) in [6, 6.07) is 0. The molecule has 0 saturated carbocycles. The molecule has 0 amide bonds. The summed E-state index contributed by atoms with van der Waals surface area (Å²) in [5.41, 5.74) is 0. The second-order valence-corrected chi connectivity index (χ2v) is 0.274. The van der Waals surface area contributed by atoms with Crippen molar-refractivity contribution in [3.05, 3.63) is 0 Å². The standard InChI is InChI=1S/CHNS.Nd.7H2O/c2-1-3;;;;;;;;/h3H;;7*1H2/p-1. The molecule has 0 radical (unpaired) electrons. The Bertz CT molecular complexity index is 39.9. The third-order valence-electron chi connectivity index (χ3n) is 0. The van der Waals surface area contributed by atoms with Crippen molar-refractivity contribution in [3.8, 4) is 5.40 Å². The summed E-state index contributed by atoms with van der Waals surface area (Å²) in [5.74, 6) is 0. The van der Waals surface area contributed by atoms with Gasteiger partial charge in [0, 0.05) is 40.8 Å². The quantitative estimate of drug-likeness (QED) is 0.311. The van der Waals surface area contributed by atoms with Crippen molar-refractivity contribution < 1.29 is 79.2 Å². The molecule has 0 saturated heterocycles. The molecule has 0 atom stereocenters. The molecule has 0 rings (SSSR count). The van der Waals surface area contributed by atoms with E-state index in [1.807, 2.05) is 0 Å². The minimum atomic E-state index is 0. The molecule has 0 aliphatic rings. The number of thiocyanates is 1. The van der Waals surface area contributed by atoms with Crippen LogP contribution < -0.4 is 0 Å². The van der Waals surface area contributed by atoms with E-state index >= 15 is 0 Å². The van der Waals surface area contributed by atoms with Gasteiger partial charge in [0.15, 0.2) is 0 Å². The average Bonchev–Trinajstić information content (AvgIpc) is 0.918. The first kappa shape index (κ1) is 177. The van der Waals surface area contributed by atoms with E-state index in [0.29, 0.717) is 0 Å². The van der Waals surface area contributed by atoms with Crippen molar-refractivity contribution in [2.45, 2.75) is 0 Å². The van der Waals surface area contributed by atoms with Crippen LogP contribution in [-0.2, 0) is 12.6 Å². The van der Waals surface area contributed by atoms with Gasteiger partial charge in [-0.3, -0.25) is 0 Å². The summed E-state index contributed by atoms with van der Waals surface area (Å²) in [5, 5.41) is 8.47. The van der Waals surface area contributed by atoms with Gasteiger partial charge in [-0.1, -0.05) is 5.40 Å². The molecule has 0 fully saturated rings. The van der Waals surface area contributed by atoms with E-state index in [4.69, 9.17) is 5.26 Å². The molecule has 0 aromatic rings. The van der Waals surface area contributed by atoms with Crippen molar-refractivity contribution in [2.24, 2.45) is 0 Å². The Hall–Kier alpha value is 0.781. The Morgan fingerprint density at radius 1 is 0.727 bits per heavy atom. The van der Waals surface area contributed by atoms with Crippen LogP contribution in [0.3, 0.4) is 0 Å². The Kier molecular flexibility index (Phi) is 5240. The largest absolute Gasteiger partial charge is 0.696 e. The topological polar surface area (TPSA) is 244 Å². The minimum Gasteiger partial charge on any atom is -0.696 e. The second kappa shape index (κ2) is 325. The summed E-state index contributed by atoms with van der Waals surface area (Å²) < 4.78 is 0. The zero-order valence-electron chi connectivity index (χ0n) is 5.36. The normalized spacial score (nSPS) is 0.636. The van der Waals surface area contributed by atoms with Gasteiger partial charge in [0.1, 0.15) is 0 Å². The molecule has 11 heavy (non-hydrogen) atoms. The first-order valence-electron chi connectivity index (χ1n) is 0.428. The van der Waals surface area contributed by atoms with Crippen molar-refractivity contribution in [3.63, 3.8) is 0 Å². The van der Waals surface area contributed by atoms with Crippen LogP contribution in [0.4, 0.5) is 0 Å². The molecular weight excluding hydrogens is 314 g/mol. The van der Waals surface area contributed by atoms with Crippen LogP contribution in [0.1, 0.15) is 0 Å². The van der Waals surface area contributed by atoms with Crippen LogP contribution >= 0.6 is 0 Å². The summed E-state index contributed by atoms with van der Waals surface area (Å²) in [7, 11) is 0. The van der Waals surface area contributed by atoms with E-state index in [2.05, 4.69) is 12.6 Å². The van der Waals surface area contributed by atoms with Crippen LogP contribution in [-0.4, -0.2) is 38.3 Å². The molecule has 0 aliphatic heterocycles. The molecule has 76 valence electrons. The van der Waals surface area contributed by atoms with Gasteiger partial charge in [-0.15, -0.1) is 0 Å².